The lowest BCUT2D eigenvalue weighted by Gasteiger charge is -2.04. The van der Waals surface area contributed by atoms with Gasteiger partial charge in [-0.25, -0.2) is 4.68 Å². The van der Waals surface area contributed by atoms with E-state index in [1.807, 2.05) is 30.3 Å². The molecule has 0 aliphatic rings. The molecule has 0 spiro atoms. The van der Waals surface area contributed by atoms with Crippen LogP contribution < -0.4 is 4.74 Å². The lowest BCUT2D eigenvalue weighted by molar-refractivity contribution is 0.414. The molecule has 0 aliphatic carbocycles. The van der Waals surface area contributed by atoms with Gasteiger partial charge in [0.1, 0.15) is 5.75 Å². The van der Waals surface area contributed by atoms with Crippen LogP contribution in [0.15, 0.2) is 29.4 Å². The van der Waals surface area contributed by atoms with Gasteiger partial charge in [0.2, 0.25) is 5.16 Å². The highest BCUT2D eigenvalue weighted by Gasteiger charge is 2.07. The molecular formula is C11H11N5OS. The molecule has 18 heavy (non-hydrogen) atoms. The van der Waals surface area contributed by atoms with Crippen molar-refractivity contribution in [1.82, 2.24) is 20.2 Å². The molecule has 2 rings (SSSR count). The Morgan fingerprint density at radius 3 is 2.83 bits per heavy atom. The summed E-state index contributed by atoms with van der Waals surface area (Å²) >= 11 is 1.32. The van der Waals surface area contributed by atoms with E-state index in [4.69, 9.17) is 10.00 Å². The largest absolute Gasteiger partial charge is 0.497 e. The summed E-state index contributed by atoms with van der Waals surface area (Å²) in [5.74, 6) is 1.15. The van der Waals surface area contributed by atoms with Crippen LogP contribution in [0.2, 0.25) is 0 Å². The van der Waals surface area contributed by atoms with Crippen molar-refractivity contribution in [1.29, 1.82) is 5.26 Å². The quantitative estimate of drug-likeness (QED) is 0.756. The van der Waals surface area contributed by atoms with E-state index >= 15 is 0 Å². The smallest absolute Gasteiger partial charge is 0.210 e. The minimum absolute atomic E-state index is 0.336. The zero-order chi connectivity index (χ0) is 12.8. The molecule has 0 radical (unpaired) electrons. The van der Waals surface area contributed by atoms with Crippen LogP contribution in [-0.4, -0.2) is 33.1 Å². The number of tetrazole rings is 1. The molecule has 0 saturated carbocycles. The average molecular weight is 261 g/mol. The Morgan fingerprint density at radius 2 is 2.17 bits per heavy atom. The molecule has 2 aromatic rings. The molecule has 0 saturated heterocycles. The van der Waals surface area contributed by atoms with E-state index in [0.717, 1.165) is 11.3 Å². The van der Waals surface area contributed by atoms with Crippen LogP contribution in [0.5, 0.6) is 5.75 Å². The monoisotopic (exact) mass is 261 g/mol. The van der Waals surface area contributed by atoms with Gasteiger partial charge in [-0.1, -0.05) is 23.9 Å². The van der Waals surface area contributed by atoms with Gasteiger partial charge in [0.05, 0.1) is 25.5 Å². The Kier molecular flexibility index (Phi) is 4.15. The first-order chi connectivity index (χ1) is 8.83. The minimum Gasteiger partial charge on any atom is -0.497 e. The molecule has 92 valence electrons. The predicted molar refractivity (Wildman–Crippen MR) is 66.3 cm³/mol. The van der Waals surface area contributed by atoms with Crippen molar-refractivity contribution in [3.05, 3.63) is 29.8 Å². The van der Waals surface area contributed by atoms with Crippen molar-refractivity contribution >= 4 is 11.8 Å². The number of nitrogens with zero attached hydrogens (tertiary/aromatic N) is 5. The van der Waals surface area contributed by atoms with E-state index in [1.165, 1.54) is 11.8 Å². The van der Waals surface area contributed by atoms with Crippen molar-refractivity contribution in [2.45, 2.75) is 11.7 Å². The van der Waals surface area contributed by atoms with Crippen LogP contribution in [0.25, 0.3) is 0 Å². The zero-order valence-electron chi connectivity index (χ0n) is 9.78. The SMILES string of the molecule is COc1ccc(Cn2nnnc2SCC#N)cc1. The third-order valence-electron chi connectivity index (χ3n) is 2.26. The second-order valence-corrected chi connectivity index (χ2v) is 4.36. The lowest BCUT2D eigenvalue weighted by Crippen LogP contribution is -2.04. The van der Waals surface area contributed by atoms with Crippen molar-refractivity contribution in [3.8, 4) is 11.8 Å². The third kappa shape index (κ3) is 2.99. The molecular weight excluding hydrogens is 250 g/mol. The van der Waals surface area contributed by atoms with Crippen molar-refractivity contribution < 1.29 is 4.74 Å². The van der Waals surface area contributed by atoms with Gasteiger partial charge in [-0.05, 0) is 28.1 Å². The average Bonchev–Trinajstić information content (AvgIpc) is 2.84. The maximum absolute atomic E-state index is 8.54. The van der Waals surface area contributed by atoms with Crippen molar-refractivity contribution in [3.63, 3.8) is 0 Å². The normalized spacial score (nSPS) is 10.0. The summed E-state index contributed by atoms with van der Waals surface area (Å²) < 4.78 is 6.76. The fourth-order valence-electron chi connectivity index (χ4n) is 1.40. The van der Waals surface area contributed by atoms with E-state index in [0.29, 0.717) is 17.5 Å². The highest BCUT2D eigenvalue weighted by molar-refractivity contribution is 7.99. The lowest BCUT2D eigenvalue weighted by atomic mass is 10.2. The second-order valence-electron chi connectivity index (χ2n) is 3.41. The van der Waals surface area contributed by atoms with Crippen LogP contribution in [0.1, 0.15) is 5.56 Å². The summed E-state index contributed by atoms with van der Waals surface area (Å²) in [6, 6.07) is 9.75. The van der Waals surface area contributed by atoms with Crippen LogP contribution in [-0.2, 0) is 6.54 Å². The first-order valence-corrected chi connectivity index (χ1v) is 6.21. The highest BCUT2D eigenvalue weighted by atomic mass is 32.2. The Bertz CT molecular complexity index is 545. The van der Waals surface area contributed by atoms with Gasteiger partial charge in [-0.15, -0.1) is 5.10 Å². The summed E-state index contributed by atoms with van der Waals surface area (Å²) in [4.78, 5) is 0. The highest BCUT2D eigenvalue weighted by Crippen LogP contribution is 2.16. The summed E-state index contributed by atoms with van der Waals surface area (Å²) in [7, 11) is 1.63. The summed E-state index contributed by atoms with van der Waals surface area (Å²) in [6.07, 6.45) is 0. The number of rotatable bonds is 5. The van der Waals surface area contributed by atoms with E-state index in [1.54, 1.807) is 11.8 Å². The third-order valence-corrected chi connectivity index (χ3v) is 3.08. The predicted octanol–water partition coefficient (Wildman–Crippen LogP) is 1.35. The van der Waals surface area contributed by atoms with Gasteiger partial charge >= 0.3 is 0 Å². The first kappa shape index (κ1) is 12.4. The molecule has 0 fully saturated rings. The maximum Gasteiger partial charge on any atom is 0.210 e. The minimum atomic E-state index is 0.336. The molecule has 1 aromatic heterocycles. The summed E-state index contributed by atoms with van der Waals surface area (Å²) in [5.41, 5.74) is 1.07. The second kappa shape index (κ2) is 6.02. The number of nitriles is 1. The van der Waals surface area contributed by atoms with Crippen LogP contribution >= 0.6 is 11.8 Å². The molecule has 0 N–H and O–H groups in total. The Morgan fingerprint density at radius 1 is 1.39 bits per heavy atom. The van der Waals surface area contributed by atoms with Crippen molar-refractivity contribution in [2.24, 2.45) is 0 Å². The van der Waals surface area contributed by atoms with Gasteiger partial charge in [-0.2, -0.15) is 5.26 Å². The molecule has 0 aliphatic heterocycles. The van der Waals surface area contributed by atoms with Crippen LogP contribution in [0.4, 0.5) is 0 Å². The summed E-state index contributed by atoms with van der Waals surface area (Å²) in [6.45, 7) is 0.574. The van der Waals surface area contributed by atoms with Gasteiger partial charge in [-0.3, -0.25) is 0 Å². The van der Waals surface area contributed by atoms with Crippen LogP contribution in [0.3, 0.4) is 0 Å². The Hall–Kier alpha value is -2.07. The number of aromatic nitrogens is 4. The van der Waals surface area contributed by atoms with E-state index in [-0.39, 0.29) is 0 Å². The molecule has 7 heteroatoms. The number of hydrogen-bond donors (Lipinski definition) is 0. The van der Waals surface area contributed by atoms with E-state index < -0.39 is 0 Å². The standard InChI is InChI=1S/C11H11N5OS/c1-17-10-4-2-9(3-5-10)8-16-11(13-14-15-16)18-7-6-12/h2-5H,7-8H2,1H3. The molecule has 0 unspecified atom stereocenters. The van der Waals surface area contributed by atoms with E-state index in [9.17, 15) is 0 Å². The number of methoxy groups -OCH3 is 1. The molecule has 6 nitrogen and oxygen atoms in total. The first-order valence-electron chi connectivity index (χ1n) is 5.22. The Balaban J connectivity index is 2.08. The molecule has 1 aromatic carbocycles. The van der Waals surface area contributed by atoms with Gasteiger partial charge < -0.3 is 4.74 Å². The molecule has 0 atom stereocenters. The fourth-order valence-corrected chi connectivity index (χ4v) is 1.94. The molecule has 0 amide bonds. The van der Waals surface area contributed by atoms with Crippen molar-refractivity contribution in [2.75, 3.05) is 12.9 Å². The number of hydrogen-bond acceptors (Lipinski definition) is 6. The number of ether oxygens (including phenoxy) is 1. The molecule has 1 heterocycles. The number of benzene rings is 1. The Labute approximate surface area is 109 Å². The van der Waals surface area contributed by atoms with Gasteiger partial charge in [0.15, 0.2) is 0 Å². The van der Waals surface area contributed by atoms with E-state index in [2.05, 4.69) is 15.5 Å². The van der Waals surface area contributed by atoms with Gasteiger partial charge in [0.25, 0.3) is 0 Å². The maximum atomic E-state index is 8.54. The summed E-state index contributed by atoms with van der Waals surface area (Å²) in [5, 5.41) is 20.6. The van der Waals surface area contributed by atoms with Gasteiger partial charge in [0, 0.05) is 0 Å². The molecule has 0 bridgehead atoms. The topological polar surface area (TPSA) is 76.6 Å². The zero-order valence-corrected chi connectivity index (χ0v) is 10.6. The fraction of sp³-hybridized carbons (Fsp3) is 0.273. The number of thioether (sulfide) groups is 1. The van der Waals surface area contributed by atoms with Crippen LogP contribution in [0, 0.1) is 11.3 Å².